The molecule has 0 aliphatic rings. The van der Waals surface area contributed by atoms with E-state index in [4.69, 9.17) is 21.4 Å². The van der Waals surface area contributed by atoms with Crippen molar-refractivity contribution in [2.24, 2.45) is 0 Å². The van der Waals surface area contributed by atoms with E-state index in [-0.39, 0.29) is 17.7 Å². The molecule has 0 saturated carbocycles. The number of ether oxygens (including phenoxy) is 1. The van der Waals surface area contributed by atoms with E-state index in [2.05, 4.69) is 0 Å². The van der Waals surface area contributed by atoms with Crippen LogP contribution >= 0.6 is 11.6 Å². The third-order valence-electron chi connectivity index (χ3n) is 3.13. The average molecular weight is 309 g/mol. The highest BCUT2D eigenvalue weighted by Crippen LogP contribution is 2.27. The second-order valence-corrected chi connectivity index (χ2v) is 5.14. The van der Waals surface area contributed by atoms with Gasteiger partial charge in [-0.2, -0.15) is 0 Å². The van der Waals surface area contributed by atoms with Crippen LogP contribution < -0.4 is 4.74 Å². The normalized spacial score (nSPS) is 10.5. The van der Waals surface area contributed by atoms with Gasteiger partial charge in [0.2, 0.25) is 0 Å². The van der Waals surface area contributed by atoms with E-state index in [1.165, 1.54) is 24.3 Å². The Morgan fingerprint density at radius 3 is 2.43 bits per heavy atom. The van der Waals surface area contributed by atoms with Crippen LogP contribution in [0.4, 0.5) is 4.39 Å². The van der Waals surface area contributed by atoms with E-state index < -0.39 is 11.8 Å². The van der Waals surface area contributed by atoms with Crippen molar-refractivity contribution < 1.29 is 19.0 Å². The van der Waals surface area contributed by atoms with Crippen LogP contribution in [-0.4, -0.2) is 11.1 Å². The van der Waals surface area contributed by atoms with Crippen LogP contribution in [0.3, 0.4) is 0 Å². The predicted molar refractivity (Wildman–Crippen MR) is 78.6 cm³/mol. The highest BCUT2D eigenvalue weighted by Gasteiger charge is 2.13. The topological polar surface area (TPSA) is 46.5 Å². The number of aromatic carboxylic acids is 1. The molecule has 0 bridgehead atoms. The summed E-state index contributed by atoms with van der Waals surface area (Å²) in [7, 11) is 0. The lowest BCUT2D eigenvalue weighted by Crippen LogP contribution is -2.04. The van der Waals surface area contributed by atoms with Gasteiger partial charge in [-0.3, -0.25) is 0 Å². The zero-order chi connectivity index (χ0) is 15.6. The SMILES string of the molecule is Cc1cc(C(=O)O)cc(C)c1OCc1c(F)cccc1Cl. The van der Waals surface area contributed by atoms with Crippen LogP contribution in [0.1, 0.15) is 27.0 Å². The van der Waals surface area contributed by atoms with E-state index in [9.17, 15) is 9.18 Å². The summed E-state index contributed by atoms with van der Waals surface area (Å²) in [6.45, 7) is 3.48. The van der Waals surface area contributed by atoms with Crippen molar-refractivity contribution in [2.75, 3.05) is 0 Å². The fraction of sp³-hybridized carbons (Fsp3) is 0.188. The molecule has 0 aromatic heterocycles. The molecule has 0 fully saturated rings. The van der Waals surface area contributed by atoms with Crippen molar-refractivity contribution in [3.05, 3.63) is 63.4 Å². The van der Waals surface area contributed by atoms with Crippen molar-refractivity contribution >= 4 is 17.6 Å². The predicted octanol–water partition coefficient (Wildman–Crippen LogP) is 4.37. The monoisotopic (exact) mass is 308 g/mol. The first kappa shape index (κ1) is 15.3. The van der Waals surface area contributed by atoms with Gasteiger partial charge in [0.15, 0.2) is 0 Å². The van der Waals surface area contributed by atoms with E-state index in [1.807, 2.05) is 0 Å². The van der Waals surface area contributed by atoms with Crippen LogP contribution in [0, 0.1) is 19.7 Å². The second-order valence-electron chi connectivity index (χ2n) is 4.73. The highest BCUT2D eigenvalue weighted by molar-refractivity contribution is 6.31. The number of hydrogen-bond donors (Lipinski definition) is 1. The lowest BCUT2D eigenvalue weighted by atomic mass is 10.1. The lowest BCUT2D eigenvalue weighted by molar-refractivity contribution is 0.0696. The molecule has 0 amide bonds. The van der Waals surface area contributed by atoms with E-state index in [0.29, 0.717) is 21.9 Å². The van der Waals surface area contributed by atoms with Crippen molar-refractivity contribution in [2.45, 2.75) is 20.5 Å². The van der Waals surface area contributed by atoms with Gasteiger partial charge in [0.25, 0.3) is 0 Å². The van der Waals surface area contributed by atoms with Crippen LogP contribution in [0.15, 0.2) is 30.3 Å². The minimum absolute atomic E-state index is 0.0143. The number of rotatable bonds is 4. The highest BCUT2D eigenvalue weighted by atomic mass is 35.5. The zero-order valence-corrected chi connectivity index (χ0v) is 12.4. The minimum Gasteiger partial charge on any atom is -0.488 e. The quantitative estimate of drug-likeness (QED) is 0.912. The summed E-state index contributed by atoms with van der Waals surface area (Å²) < 4.78 is 19.3. The van der Waals surface area contributed by atoms with Crippen molar-refractivity contribution in [3.63, 3.8) is 0 Å². The van der Waals surface area contributed by atoms with Gasteiger partial charge in [-0.1, -0.05) is 17.7 Å². The first-order valence-corrected chi connectivity index (χ1v) is 6.68. The molecule has 110 valence electrons. The van der Waals surface area contributed by atoms with Crippen LogP contribution in [0.25, 0.3) is 0 Å². The molecule has 0 atom stereocenters. The first-order valence-electron chi connectivity index (χ1n) is 6.30. The molecule has 21 heavy (non-hydrogen) atoms. The number of halogens is 2. The zero-order valence-electron chi connectivity index (χ0n) is 11.6. The molecule has 0 aliphatic carbocycles. The molecular formula is C16H14ClFO3. The molecule has 1 N–H and O–H groups in total. The van der Waals surface area contributed by atoms with Gasteiger partial charge < -0.3 is 9.84 Å². The third-order valence-corrected chi connectivity index (χ3v) is 3.48. The van der Waals surface area contributed by atoms with Gasteiger partial charge in [0, 0.05) is 5.56 Å². The standard InChI is InChI=1S/C16H14ClFO3/c1-9-6-11(16(19)20)7-10(2)15(9)21-8-12-13(17)4-3-5-14(12)18/h3-7H,8H2,1-2H3,(H,19,20). The molecular weight excluding hydrogens is 295 g/mol. The number of carbonyl (C=O) groups is 1. The maximum Gasteiger partial charge on any atom is 0.335 e. The second kappa shape index (κ2) is 6.14. The Morgan fingerprint density at radius 1 is 1.29 bits per heavy atom. The molecule has 0 aliphatic heterocycles. The Kier molecular flexibility index (Phi) is 4.48. The first-order chi connectivity index (χ1) is 9.90. The summed E-state index contributed by atoms with van der Waals surface area (Å²) in [5.74, 6) is -0.885. The molecule has 2 aromatic carbocycles. The Labute approximate surface area is 126 Å². The number of carboxylic acid groups (broad SMARTS) is 1. The largest absolute Gasteiger partial charge is 0.488 e. The molecule has 2 rings (SSSR count). The minimum atomic E-state index is -0.995. The van der Waals surface area contributed by atoms with Gasteiger partial charge in [-0.15, -0.1) is 0 Å². The maximum atomic E-state index is 13.7. The van der Waals surface area contributed by atoms with E-state index in [1.54, 1.807) is 19.9 Å². The van der Waals surface area contributed by atoms with Gasteiger partial charge in [0.05, 0.1) is 10.6 Å². The summed E-state index contributed by atoms with van der Waals surface area (Å²) in [5, 5.41) is 9.30. The molecule has 3 nitrogen and oxygen atoms in total. The molecule has 5 heteroatoms. The molecule has 0 saturated heterocycles. The molecule has 0 unspecified atom stereocenters. The molecule has 0 heterocycles. The summed E-state index contributed by atoms with van der Waals surface area (Å²) in [6, 6.07) is 7.48. The van der Waals surface area contributed by atoms with Crippen molar-refractivity contribution in [3.8, 4) is 5.75 Å². The molecule has 2 aromatic rings. The van der Waals surface area contributed by atoms with Gasteiger partial charge in [0.1, 0.15) is 18.2 Å². The van der Waals surface area contributed by atoms with Crippen molar-refractivity contribution in [1.82, 2.24) is 0 Å². The summed E-state index contributed by atoms with van der Waals surface area (Å²) >= 11 is 5.94. The summed E-state index contributed by atoms with van der Waals surface area (Å²) in [5.41, 5.74) is 1.83. The van der Waals surface area contributed by atoms with E-state index >= 15 is 0 Å². The fourth-order valence-electron chi connectivity index (χ4n) is 2.12. The van der Waals surface area contributed by atoms with E-state index in [0.717, 1.165) is 0 Å². The van der Waals surface area contributed by atoms with Crippen LogP contribution in [-0.2, 0) is 6.61 Å². The molecule has 0 radical (unpaired) electrons. The van der Waals surface area contributed by atoms with Gasteiger partial charge in [-0.25, -0.2) is 9.18 Å². The smallest absolute Gasteiger partial charge is 0.335 e. The lowest BCUT2D eigenvalue weighted by Gasteiger charge is -2.14. The Bertz CT molecular complexity index is 655. The number of carboxylic acids is 1. The van der Waals surface area contributed by atoms with Crippen LogP contribution in [0.5, 0.6) is 5.75 Å². The number of aryl methyl sites for hydroxylation is 2. The number of benzene rings is 2. The average Bonchev–Trinajstić information content (AvgIpc) is 2.40. The van der Waals surface area contributed by atoms with Crippen molar-refractivity contribution in [1.29, 1.82) is 0 Å². The summed E-state index contributed by atoms with van der Waals surface area (Å²) in [6.07, 6.45) is 0. The molecule has 0 spiro atoms. The Morgan fingerprint density at radius 2 is 1.90 bits per heavy atom. The maximum absolute atomic E-state index is 13.7. The Hall–Kier alpha value is -2.07. The van der Waals surface area contributed by atoms with Gasteiger partial charge >= 0.3 is 5.97 Å². The summed E-state index contributed by atoms with van der Waals surface area (Å²) in [4.78, 5) is 11.0. The Balaban J connectivity index is 2.27. The fourth-order valence-corrected chi connectivity index (χ4v) is 2.33. The van der Waals surface area contributed by atoms with Gasteiger partial charge in [-0.05, 0) is 49.2 Å². The number of hydrogen-bond acceptors (Lipinski definition) is 2. The van der Waals surface area contributed by atoms with Crippen LogP contribution in [0.2, 0.25) is 5.02 Å². The third kappa shape index (κ3) is 3.34.